The molecule has 0 fully saturated rings. The third-order valence-electron chi connectivity index (χ3n) is 3.46. The molecule has 0 bridgehead atoms. The van der Waals surface area contributed by atoms with Crippen LogP contribution in [0.2, 0.25) is 10.0 Å². The van der Waals surface area contributed by atoms with Gasteiger partial charge in [-0.15, -0.1) is 0 Å². The fourth-order valence-corrected chi connectivity index (χ4v) is 2.68. The van der Waals surface area contributed by atoms with E-state index in [1.54, 1.807) is 12.1 Å². The van der Waals surface area contributed by atoms with Gasteiger partial charge in [0.25, 0.3) is 0 Å². The van der Waals surface area contributed by atoms with Crippen molar-refractivity contribution < 1.29 is 4.39 Å². The van der Waals surface area contributed by atoms with Gasteiger partial charge in [-0.25, -0.2) is 4.39 Å². The van der Waals surface area contributed by atoms with Gasteiger partial charge >= 0.3 is 0 Å². The molecule has 0 saturated carbocycles. The molecular weight excluding hydrogens is 310 g/mol. The number of hydrogen-bond donors (Lipinski definition) is 1. The first-order valence-corrected chi connectivity index (χ1v) is 7.37. The summed E-state index contributed by atoms with van der Waals surface area (Å²) in [7, 11) is 1.96. The van der Waals surface area contributed by atoms with Crippen LogP contribution in [0.5, 0.6) is 0 Å². The van der Waals surface area contributed by atoms with E-state index in [-0.39, 0.29) is 11.1 Å². The summed E-state index contributed by atoms with van der Waals surface area (Å²) in [6, 6.07) is 12.3. The maximum atomic E-state index is 13.3. The van der Waals surface area contributed by atoms with Crippen molar-refractivity contribution in [2.24, 2.45) is 5.73 Å². The molecule has 2 nitrogen and oxygen atoms in total. The number of rotatable bonds is 5. The highest BCUT2D eigenvalue weighted by Gasteiger charge is 2.17. The second-order valence-corrected chi connectivity index (χ2v) is 5.75. The average Bonchev–Trinajstić information content (AvgIpc) is 2.46. The van der Waals surface area contributed by atoms with Crippen molar-refractivity contribution in [1.29, 1.82) is 0 Å². The Balaban J connectivity index is 2.20. The number of halogens is 3. The molecule has 0 aromatic heterocycles. The van der Waals surface area contributed by atoms with Crippen LogP contribution in [0.1, 0.15) is 17.2 Å². The molecule has 5 heteroatoms. The van der Waals surface area contributed by atoms with Gasteiger partial charge in [0, 0.05) is 24.2 Å². The van der Waals surface area contributed by atoms with E-state index < -0.39 is 5.82 Å². The van der Waals surface area contributed by atoms with Crippen molar-refractivity contribution in [2.75, 3.05) is 13.6 Å². The lowest BCUT2D eigenvalue weighted by Crippen LogP contribution is -2.30. The SMILES string of the molecule is CN(Cc1ccccc1Cl)C(CN)c1ccc(F)c(Cl)c1. The molecule has 0 radical (unpaired) electrons. The second kappa shape index (κ2) is 7.23. The molecule has 2 aromatic carbocycles. The molecule has 0 saturated heterocycles. The first-order valence-electron chi connectivity index (χ1n) is 6.61. The third-order valence-corrected chi connectivity index (χ3v) is 4.12. The van der Waals surface area contributed by atoms with E-state index in [1.165, 1.54) is 6.07 Å². The van der Waals surface area contributed by atoms with Crippen molar-refractivity contribution in [3.8, 4) is 0 Å². The maximum absolute atomic E-state index is 13.3. The molecule has 1 atom stereocenters. The number of hydrogen-bond acceptors (Lipinski definition) is 2. The lowest BCUT2D eigenvalue weighted by molar-refractivity contribution is 0.242. The Morgan fingerprint density at radius 1 is 1.14 bits per heavy atom. The van der Waals surface area contributed by atoms with E-state index in [2.05, 4.69) is 4.90 Å². The summed E-state index contributed by atoms with van der Waals surface area (Å²) in [5, 5.41) is 0.828. The third kappa shape index (κ3) is 3.95. The Labute approximate surface area is 134 Å². The molecule has 0 spiro atoms. The molecule has 2 N–H and O–H groups in total. The predicted octanol–water partition coefficient (Wildman–Crippen LogP) is 4.26. The molecule has 0 aliphatic carbocycles. The summed E-state index contributed by atoms with van der Waals surface area (Å²) in [6.45, 7) is 1.06. The highest BCUT2D eigenvalue weighted by atomic mass is 35.5. The van der Waals surface area contributed by atoms with E-state index in [1.807, 2.05) is 31.3 Å². The van der Waals surface area contributed by atoms with Crippen LogP contribution in [-0.2, 0) is 6.54 Å². The van der Waals surface area contributed by atoms with Gasteiger partial charge in [-0.2, -0.15) is 0 Å². The van der Waals surface area contributed by atoms with Crippen LogP contribution >= 0.6 is 23.2 Å². The average molecular weight is 327 g/mol. The van der Waals surface area contributed by atoms with Crippen LogP contribution in [0.25, 0.3) is 0 Å². The van der Waals surface area contributed by atoms with Crippen molar-refractivity contribution >= 4 is 23.2 Å². The van der Waals surface area contributed by atoms with Crippen molar-refractivity contribution in [3.63, 3.8) is 0 Å². The zero-order valence-corrected chi connectivity index (χ0v) is 13.2. The monoisotopic (exact) mass is 326 g/mol. The summed E-state index contributed by atoms with van der Waals surface area (Å²) in [4.78, 5) is 2.07. The largest absolute Gasteiger partial charge is 0.329 e. The van der Waals surface area contributed by atoms with Crippen molar-refractivity contribution in [1.82, 2.24) is 4.90 Å². The van der Waals surface area contributed by atoms with E-state index in [0.29, 0.717) is 13.1 Å². The summed E-state index contributed by atoms with van der Waals surface area (Å²) in [5.74, 6) is -0.426. The summed E-state index contributed by atoms with van der Waals surface area (Å²) in [5.41, 5.74) is 7.78. The summed E-state index contributed by atoms with van der Waals surface area (Å²) < 4.78 is 13.3. The minimum atomic E-state index is -0.426. The Hall–Kier alpha value is -1.13. The fraction of sp³-hybridized carbons (Fsp3) is 0.250. The van der Waals surface area contributed by atoms with Crippen LogP contribution in [0.15, 0.2) is 42.5 Å². The Morgan fingerprint density at radius 2 is 1.86 bits per heavy atom. The Bertz CT molecular complexity index is 619. The second-order valence-electron chi connectivity index (χ2n) is 4.93. The van der Waals surface area contributed by atoms with Gasteiger partial charge < -0.3 is 5.73 Å². The molecule has 21 heavy (non-hydrogen) atoms. The summed E-state index contributed by atoms with van der Waals surface area (Å²) in [6.07, 6.45) is 0. The molecular formula is C16H17Cl2FN2. The van der Waals surface area contributed by atoms with Gasteiger partial charge in [-0.05, 0) is 36.4 Å². The Kier molecular flexibility index (Phi) is 5.59. The van der Waals surface area contributed by atoms with E-state index in [0.717, 1.165) is 16.1 Å². The van der Waals surface area contributed by atoms with Gasteiger partial charge in [0.2, 0.25) is 0 Å². The van der Waals surface area contributed by atoms with Gasteiger partial charge in [-0.3, -0.25) is 4.90 Å². The minimum absolute atomic E-state index is 0.0561. The molecule has 2 aromatic rings. The Morgan fingerprint density at radius 3 is 2.48 bits per heavy atom. The van der Waals surface area contributed by atoms with Crippen LogP contribution in [0.3, 0.4) is 0 Å². The topological polar surface area (TPSA) is 29.3 Å². The highest BCUT2D eigenvalue weighted by Crippen LogP contribution is 2.26. The lowest BCUT2D eigenvalue weighted by atomic mass is 10.0. The first kappa shape index (κ1) is 16.2. The fourth-order valence-electron chi connectivity index (χ4n) is 2.30. The number of nitrogens with two attached hydrogens (primary N) is 1. The standard InChI is InChI=1S/C16H17Cl2FN2/c1-21(10-12-4-2-3-5-13(12)17)16(9-20)11-6-7-15(19)14(18)8-11/h2-8,16H,9-10,20H2,1H3. The molecule has 0 amide bonds. The maximum Gasteiger partial charge on any atom is 0.141 e. The highest BCUT2D eigenvalue weighted by molar-refractivity contribution is 6.31. The predicted molar refractivity (Wildman–Crippen MR) is 86.1 cm³/mol. The number of nitrogens with zero attached hydrogens (tertiary/aromatic N) is 1. The van der Waals surface area contributed by atoms with Crippen LogP contribution < -0.4 is 5.73 Å². The lowest BCUT2D eigenvalue weighted by Gasteiger charge is -2.28. The van der Waals surface area contributed by atoms with E-state index in [9.17, 15) is 4.39 Å². The van der Waals surface area contributed by atoms with E-state index in [4.69, 9.17) is 28.9 Å². The zero-order valence-electron chi connectivity index (χ0n) is 11.7. The van der Waals surface area contributed by atoms with Crippen molar-refractivity contribution in [3.05, 3.63) is 69.5 Å². The van der Waals surface area contributed by atoms with Gasteiger partial charge in [-0.1, -0.05) is 47.5 Å². The molecule has 2 rings (SSSR count). The number of likely N-dealkylation sites (N-methyl/N-ethyl adjacent to an activating group) is 1. The van der Waals surface area contributed by atoms with E-state index >= 15 is 0 Å². The van der Waals surface area contributed by atoms with Gasteiger partial charge in [0.1, 0.15) is 5.82 Å². The van der Waals surface area contributed by atoms with Crippen molar-refractivity contribution in [2.45, 2.75) is 12.6 Å². The molecule has 0 heterocycles. The minimum Gasteiger partial charge on any atom is -0.329 e. The number of benzene rings is 2. The van der Waals surface area contributed by atoms with Gasteiger partial charge in [0.05, 0.1) is 5.02 Å². The van der Waals surface area contributed by atoms with Gasteiger partial charge in [0.15, 0.2) is 0 Å². The molecule has 0 aliphatic rings. The smallest absolute Gasteiger partial charge is 0.141 e. The molecule has 0 aliphatic heterocycles. The van der Waals surface area contributed by atoms with Crippen LogP contribution in [0.4, 0.5) is 4.39 Å². The molecule has 1 unspecified atom stereocenters. The zero-order chi connectivity index (χ0) is 15.4. The van der Waals surface area contributed by atoms with Crippen LogP contribution in [-0.4, -0.2) is 18.5 Å². The summed E-state index contributed by atoms with van der Waals surface area (Å²) >= 11 is 12.0. The normalized spacial score (nSPS) is 12.7. The quantitative estimate of drug-likeness (QED) is 0.889. The first-order chi connectivity index (χ1) is 10.0. The van der Waals surface area contributed by atoms with Crippen LogP contribution in [0, 0.1) is 5.82 Å². The molecule has 112 valence electrons.